The van der Waals surface area contributed by atoms with Crippen LogP contribution in [0.4, 0.5) is 15.9 Å². The summed E-state index contributed by atoms with van der Waals surface area (Å²) in [6, 6.07) is 5.02. The van der Waals surface area contributed by atoms with Crippen LogP contribution in [-0.4, -0.2) is 64.2 Å². The van der Waals surface area contributed by atoms with Crippen LogP contribution in [0.5, 0.6) is 0 Å². The molecular formula is C24H32ClFN8O. The quantitative estimate of drug-likeness (QED) is 0.481. The fourth-order valence-electron chi connectivity index (χ4n) is 4.64. The molecule has 188 valence electrons. The number of anilines is 2. The van der Waals surface area contributed by atoms with Crippen LogP contribution in [0.15, 0.2) is 34.4 Å². The fraction of sp³-hybridized carbons (Fsp3) is 0.458. The van der Waals surface area contributed by atoms with Gasteiger partial charge in [0.15, 0.2) is 0 Å². The van der Waals surface area contributed by atoms with E-state index in [0.717, 1.165) is 42.8 Å². The number of aromatic amines is 1. The van der Waals surface area contributed by atoms with E-state index in [0.29, 0.717) is 22.5 Å². The number of nitrogens with two attached hydrogens (primary N) is 1. The summed E-state index contributed by atoms with van der Waals surface area (Å²) in [5, 5.41) is 13.9. The van der Waals surface area contributed by atoms with Crippen molar-refractivity contribution in [3.05, 3.63) is 52.1 Å². The Hall–Kier alpha value is -3.11. The molecule has 9 nitrogen and oxygen atoms in total. The van der Waals surface area contributed by atoms with Gasteiger partial charge in [0.25, 0.3) is 0 Å². The Morgan fingerprint density at radius 1 is 1.29 bits per heavy atom. The molecule has 1 aromatic heterocycles. The maximum Gasteiger partial charge on any atom is 0.234 e. The first kappa shape index (κ1) is 25.0. The van der Waals surface area contributed by atoms with Crippen molar-refractivity contribution >= 4 is 35.0 Å². The molecule has 2 aromatic rings. The summed E-state index contributed by atoms with van der Waals surface area (Å²) >= 11 is 6.39. The number of aromatic nitrogens is 2. The zero-order valence-corrected chi connectivity index (χ0v) is 21.2. The summed E-state index contributed by atoms with van der Waals surface area (Å²) in [4.78, 5) is 19.7. The van der Waals surface area contributed by atoms with E-state index >= 15 is 4.39 Å². The van der Waals surface area contributed by atoms with Crippen LogP contribution in [0.2, 0.25) is 0 Å². The van der Waals surface area contributed by atoms with Crippen LogP contribution in [0.1, 0.15) is 42.5 Å². The Morgan fingerprint density at radius 2 is 2.00 bits per heavy atom. The second kappa shape index (κ2) is 10.2. The van der Waals surface area contributed by atoms with Crippen LogP contribution in [0.3, 0.4) is 0 Å². The Morgan fingerprint density at radius 3 is 2.63 bits per heavy atom. The molecule has 0 bridgehead atoms. The lowest BCUT2D eigenvalue weighted by atomic mass is 9.86. The number of amides is 1. The monoisotopic (exact) mass is 502 g/mol. The van der Waals surface area contributed by atoms with Crippen molar-refractivity contribution in [3.63, 3.8) is 0 Å². The Bertz CT molecular complexity index is 1150. The van der Waals surface area contributed by atoms with Crippen molar-refractivity contribution < 1.29 is 9.18 Å². The number of likely N-dealkylation sites (N-methyl/N-ethyl adjacent to an activating group) is 1. The molecule has 2 aliphatic rings. The zero-order chi connectivity index (χ0) is 25.3. The van der Waals surface area contributed by atoms with E-state index in [-0.39, 0.29) is 23.7 Å². The van der Waals surface area contributed by atoms with E-state index in [1.165, 1.54) is 0 Å². The third-order valence-electron chi connectivity index (χ3n) is 6.81. The average molecular weight is 503 g/mol. The Labute approximate surface area is 209 Å². The number of H-pyrrole nitrogens is 1. The molecule has 2 aliphatic heterocycles. The van der Waals surface area contributed by atoms with Crippen LogP contribution in [0, 0.1) is 19.7 Å². The van der Waals surface area contributed by atoms with E-state index in [1.807, 2.05) is 40.0 Å². The number of hydrogen-bond donors (Lipinski definition) is 4. The van der Waals surface area contributed by atoms with Crippen LogP contribution < -0.4 is 16.4 Å². The minimum Gasteiger partial charge on any atom is -0.368 e. The van der Waals surface area contributed by atoms with Gasteiger partial charge >= 0.3 is 0 Å². The number of aliphatic imine (C=N–C) groups is 1. The summed E-state index contributed by atoms with van der Waals surface area (Å²) in [6.07, 6.45) is 2.84. The first-order valence-electron chi connectivity index (χ1n) is 11.7. The fourth-order valence-corrected chi connectivity index (χ4v) is 4.89. The van der Waals surface area contributed by atoms with E-state index in [9.17, 15) is 4.79 Å². The summed E-state index contributed by atoms with van der Waals surface area (Å²) in [6.45, 7) is 7.25. The lowest BCUT2D eigenvalue weighted by Crippen LogP contribution is -2.47. The van der Waals surface area contributed by atoms with Gasteiger partial charge in [0.05, 0.1) is 16.8 Å². The van der Waals surface area contributed by atoms with Crippen LogP contribution >= 0.6 is 11.6 Å². The minimum absolute atomic E-state index is 0.234. The number of carbonyl (C=O) groups is 1. The molecule has 11 heteroatoms. The predicted octanol–water partition coefficient (Wildman–Crippen LogP) is 3.45. The van der Waals surface area contributed by atoms with Crippen molar-refractivity contribution in [2.24, 2.45) is 10.7 Å². The van der Waals surface area contributed by atoms with Gasteiger partial charge in [0.2, 0.25) is 11.9 Å². The smallest absolute Gasteiger partial charge is 0.234 e. The Kier molecular flexibility index (Phi) is 7.32. The number of nitrogens with zero attached hydrogens (tertiary/aromatic N) is 4. The molecule has 4 rings (SSSR count). The highest BCUT2D eigenvalue weighted by Crippen LogP contribution is 2.34. The van der Waals surface area contributed by atoms with E-state index in [2.05, 4.69) is 30.7 Å². The zero-order valence-electron chi connectivity index (χ0n) is 20.4. The van der Waals surface area contributed by atoms with Gasteiger partial charge in [-0.2, -0.15) is 5.10 Å². The molecular weight excluding hydrogens is 471 g/mol. The second-order valence-corrected chi connectivity index (χ2v) is 9.70. The lowest BCUT2D eigenvalue weighted by Gasteiger charge is -2.35. The first-order chi connectivity index (χ1) is 16.6. The van der Waals surface area contributed by atoms with Gasteiger partial charge < -0.3 is 21.3 Å². The lowest BCUT2D eigenvalue weighted by molar-refractivity contribution is -0.123. The van der Waals surface area contributed by atoms with E-state index in [1.54, 1.807) is 17.2 Å². The SMILES string of the molecule is Cc1cc(NC2C(Cl)=CN=C(Nc3cc(C)c(C4CCN([C@H](C)C(N)=O)CC4)cc3F)N2C)n[nH]1. The number of guanidine groups is 1. The maximum absolute atomic E-state index is 15.2. The minimum atomic E-state index is -0.407. The van der Waals surface area contributed by atoms with Gasteiger partial charge in [-0.15, -0.1) is 0 Å². The van der Waals surface area contributed by atoms with Gasteiger partial charge in [-0.1, -0.05) is 11.6 Å². The number of halogens is 2. The van der Waals surface area contributed by atoms with Crippen molar-refractivity contribution in [1.29, 1.82) is 0 Å². The number of hydrogen-bond acceptors (Lipinski definition) is 7. The van der Waals surface area contributed by atoms with Gasteiger partial charge in [0.1, 0.15) is 17.8 Å². The highest BCUT2D eigenvalue weighted by Gasteiger charge is 2.29. The number of rotatable bonds is 6. The number of aryl methyl sites for hydroxylation is 2. The molecule has 3 heterocycles. The molecule has 1 unspecified atom stereocenters. The molecule has 2 atom stereocenters. The van der Waals surface area contributed by atoms with Crippen molar-refractivity contribution in [1.82, 2.24) is 20.0 Å². The molecule has 0 saturated carbocycles. The number of nitrogens with one attached hydrogen (secondary N) is 3. The van der Waals surface area contributed by atoms with E-state index < -0.39 is 6.17 Å². The Balaban J connectivity index is 1.46. The summed E-state index contributed by atoms with van der Waals surface area (Å²) < 4.78 is 15.2. The normalized spacial score (nSPS) is 20.3. The van der Waals surface area contributed by atoms with Gasteiger partial charge in [-0.05, 0) is 75.9 Å². The summed E-state index contributed by atoms with van der Waals surface area (Å²) in [5.41, 5.74) is 8.71. The molecule has 1 amide bonds. The highest BCUT2D eigenvalue weighted by molar-refractivity contribution is 6.30. The molecule has 0 spiro atoms. The van der Waals surface area contributed by atoms with Crippen molar-refractivity contribution in [2.45, 2.75) is 51.7 Å². The van der Waals surface area contributed by atoms with E-state index in [4.69, 9.17) is 17.3 Å². The number of benzene rings is 1. The number of carbonyl (C=O) groups excluding carboxylic acids is 1. The van der Waals surface area contributed by atoms with Crippen molar-refractivity contribution in [3.8, 4) is 0 Å². The maximum atomic E-state index is 15.2. The number of piperidine rings is 1. The largest absolute Gasteiger partial charge is 0.368 e. The van der Waals surface area contributed by atoms with Gasteiger partial charge in [0, 0.05) is 25.0 Å². The molecule has 1 fully saturated rings. The third kappa shape index (κ3) is 5.43. The van der Waals surface area contributed by atoms with Gasteiger partial charge in [-0.3, -0.25) is 14.8 Å². The van der Waals surface area contributed by atoms with Crippen LogP contribution in [0.25, 0.3) is 0 Å². The average Bonchev–Trinajstić information content (AvgIpc) is 3.24. The molecule has 5 N–H and O–H groups in total. The first-order valence-corrected chi connectivity index (χ1v) is 12.1. The summed E-state index contributed by atoms with van der Waals surface area (Å²) in [7, 11) is 1.82. The standard InChI is InChI=1S/C24H32ClFN8O/c1-13-9-20(19(26)11-17(13)16-5-7-34(8-6-16)15(3)22(27)35)29-24-28-12-18(25)23(33(24)4)30-21-10-14(2)31-32-21/h9-12,15-16,23H,5-8H2,1-4H3,(H2,27,35)(H,28,29)(H2,30,31,32)/t15-,23?/m1/s1. The highest BCUT2D eigenvalue weighted by atomic mass is 35.5. The molecule has 1 saturated heterocycles. The van der Waals surface area contributed by atoms with Crippen molar-refractivity contribution in [2.75, 3.05) is 30.8 Å². The molecule has 0 aliphatic carbocycles. The number of likely N-dealkylation sites (tertiary alicyclic amines) is 1. The molecule has 35 heavy (non-hydrogen) atoms. The van der Waals surface area contributed by atoms with Crippen LogP contribution in [-0.2, 0) is 4.79 Å². The third-order valence-corrected chi connectivity index (χ3v) is 7.12. The predicted molar refractivity (Wildman–Crippen MR) is 137 cm³/mol. The molecule has 0 radical (unpaired) electrons. The topological polar surface area (TPSA) is 115 Å². The summed E-state index contributed by atoms with van der Waals surface area (Å²) in [5.74, 6) is 0.679. The molecule has 1 aromatic carbocycles. The second-order valence-electron chi connectivity index (χ2n) is 9.26. The van der Waals surface area contributed by atoms with Gasteiger partial charge in [-0.25, -0.2) is 9.38 Å². The number of primary amides is 1.